The van der Waals surface area contributed by atoms with Crippen molar-refractivity contribution in [2.45, 2.75) is 103 Å². The lowest BCUT2D eigenvalue weighted by Crippen LogP contribution is -2.43. The van der Waals surface area contributed by atoms with E-state index in [2.05, 4.69) is 103 Å². The molecule has 1 aromatic heterocycles. The predicted octanol–water partition coefficient (Wildman–Crippen LogP) is 8.14. The fourth-order valence-electron chi connectivity index (χ4n) is 5.42. The summed E-state index contributed by atoms with van der Waals surface area (Å²) >= 11 is 0. The van der Waals surface area contributed by atoms with E-state index in [1.165, 1.54) is 74.7 Å². The van der Waals surface area contributed by atoms with E-state index >= 15 is 0 Å². The zero-order valence-corrected chi connectivity index (χ0v) is 21.2. The molecule has 33 heavy (non-hydrogen) atoms. The Hall–Kier alpha value is -2.35. The normalized spacial score (nSPS) is 14.2. The Bertz CT molecular complexity index is 899. The van der Waals surface area contributed by atoms with Gasteiger partial charge in [0.2, 0.25) is 0 Å². The van der Waals surface area contributed by atoms with Gasteiger partial charge in [-0.25, -0.2) is 9.55 Å². The molecule has 3 aromatic rings. The summed E-state index contributed by atoms with van der Waals surface area (Å²) in [6, 6.07) is 22.2. The highest BCUT2D eigenvalue weighted by molar-refractivity contribution is 5.32. The van der Waals surface area contributed by atoms with E-state index in [1.54, 1.807) is 0 Å². The average Bonchev–Trinajstić information content (AvgIpc) is 3.31. The van der Waals surface area contributed by atoms with Gasteiger partial charge in [0, 0.05) is 5.41 Å². The highest BCUT2D eigenvalue weighted by Gasteiger charge is 2.41. The van der Waals surface area contributed by atoms with Crippen LogP contribution in [0.4, 0.5) is 0 Å². The number of hydrogen-bond donors (Lipinski definition) is 1. The number of nitrogens with zero attached hydrogens (tertiary/aromatic N) is 1. The molecule has 0 saturated carbocycles. The van der Waals surface area contributed by atoms with Gasteiger partial charge < -0.3 is 0 Å². The lowest BCUT2D eigenvalue weighted by Gasteiger charge is -2.37. The summed E-state index contributed by atoms with van der Waals surface area (Å²) in [5.41, 5.74) is 2.87. The molecule has 0 saturated heterocycles. The number of aromatic nitrogens is 2. The third kappa shape index (κ3) is 7.06. The minimum atomic E-state index is 0.0192. The molecule has 178 valence electrons. The largest absolute Gasteiger partial charge is 0.258 e. The van der Waals surface area contributed by atoms with Crippen LogP contribution in [0.5, 0.6) is 0 Å². The molecule has 2 nitrogen and oxygen atoms in total. The van der Waals surface area contributed by atoms with Crippen LogP contribution in [0.15, 0.2) is 73.1 Å². The first-order chi connectivity index (χ1) is 16.2. The van der Waals surface area contributed by atoms with E-state index in [1.807, 2.05) is 0 Å². The van der Waals surface area contributed by atoms with Crippen LogP contribution < -0.4 is 4.57 Å². The topological polar surface area (TPSA) is 19.7 Å². The van der Waals surface area contributed by atoms with Gasteiger partial charge >= 0.3 is 0 Å². The Labute approximate surface area is 202 Å². The van der Waals surface area contributed by atoms with Crippen molar-refractivity contribution in [2.75, 3.05) is 0 Å². The molecule has 0 amide bonds. The van der Waals surface area contributed by atoms with Gasteiger partial charge in [0.05, 0.1) is 12.5 Å². The lowest BCUT2D eigenvalue weighted by atomic mass is 9.66. The van der Waals surface area contributed by atoms with Crippen LogP contribution in [0.1, 0.15) is 101 Å². The van der Waals surface area contributed by atoms with Crippen molar-refractivity contribution in [1.82, 2.24) is 4.98 Å². The number of unbranched alkanes of at least 4 members (excludes halogenated alkanes) is 6. The summed E-state index contributed by atoms with van der Waals surface area (Å²) in [4.78, 5) is 3.68. The third-order valence-electron chi connectivity index (χ3n) is 7.32. The van der Waals surface area contributed by atoms with Gasteiger partial charge in [-0.2, -0.15) is 0 Å². The smallest absolute Gasteiger partial charge is 0.247 e. The Balaban J connectivity index is 1.82. The zero-order valence-electron chi connectivity index (χ0n) is 21.2. The monoisotopic (exact) mass is 445 g/mol. The van der Waals surface area contributed by atoms with E-state index in [-0.39, 0.29) is 5.41 Å². The van der Waals surface area contributed by atoms with Crippen molar-refractivity contribution in [3.63, 3.8) is 0 Å². The summed E-state index contributed by atoms with van der Waals surface area (Å²) in [6.45, 7) is 8.21. The molecule has 3 rings (SSSR count). The van der Waals surface area contributed by atoms with Crippen LogP contribution in [0.25, 0.3) is 0 Å². The summed E-state index contributed by atoms with van der Waals surface area (Å²) in [5, 5.41) is 0. The van der Waals surface area contributed by atoms with Crippen LogP contribution in [0.3, 0.4) is 0 Å². The SMILES string of the molecule is CCCCCCCCC[n+]1cc[nH]c1C(CCC)C(C)(Cc1ccccc1)c1ccccc1. The van der Waals surface area contributed by atoms with E-state index in [4.69, 9.17) is 0 Å². The maximum atomic E-state index is 3.68. The molecule has 0 radical (unpaired) electrons. The number of aryl methyl sites for hydroxylation is 1. The number of benzene rings is 2. The Kier molecular flexibility index (Phi) is 10.2. The minimum absolute atomic E-state index is 0.0192. The Morgan fingerprint density at radius 2 is 1.42 bits per heavy atom. The molecule has 2 unspecified atom stereocenters. The molecule has 1 heterocycles. The molecular weight excluding hydrogens is 400 g/mol. The lowest BCUT2D eigenvalue weighted by molar-refractivity contribution is -0.705. The second-order valence-corrected chi connectivity index (χ2v) is 9.95. The van der Waals surface area contributed by atoms with Crippen molar-refractivity contribution in [1.29, 1.82) is 0 Å². The Morgan fingerprint density at radius 3 is 2.09 bits per heavy atom. The summed E-state index contributed by atoms with van der Waals surface area (Å²) in [5.74, 6) is 1.83. The molecule has 0 fully saturated rings. The minimum Gasteiger partial charge on any atom is -0.247 e. The highest BCUT2D eigenvalue weighted by atomic mass is 15.1. The number of aromatic amines is 1. The number of imidazole rings is 1. The predicted molar refractivity (Wildman–Crippen MR) is 141 cm³/mol. The van der Waals surface area contributed by atoms with E-state index in [9.17, 15) is 0 Å². The van der Waals surface area contributed by atoms with Crippen LogP contribution in [0, 0.1) is 0 Å². The fraction of sp³-hybridized carbons (Fsp3) is 0.516. The molecule has 1 N–H and O–H groups in total. The van der Waals surface area contributed by atoms with Crippen LogP contribution >= 0.6 is 0 Å². The molecule has 0 bridgehead atoms. The van der Waals surface area contributed by atoms with Gasteiger partial charge in [0.15, 0.2) is 0 Å². The average molecular weight is 446 g/mol. The first-order valence-corrected chi connectivity index (χ1v) is 13.3. The van der Waals surface area contributed by atoms with E-state index < -0.39 is 0 Å². The van der Waals surface area contributed by atoms with Gasteiger partial charge in [0.25, 0.3) is 5.82 Å². The van der Waals surface area contributed by atoms with E-state index in [0.29, 0.717) is 5.92 Å². The number of hydrogen-bond acceptors (Lipinski definition) is 0. The Morgan fingerprint density at radius 1 is 0.788 bits per heavy atom. The summed E-state index contributed by atoms with van der Waals surface area (Å²) in [7, 11) is 0. The van der Waals surface area contributed by atoms with Crippen molar-refractivity contribution < 1.29 is 4.57 Å². The van der Waals surface area contributed by atoms with Gasteiger partial charge in [-0.3, -0.25) is 0 Å². The molecule has 0 aliphatic carbocycles. The van der Waals surface area contributed by atoms with Crippen molar-refractivity contribution in [3.05, 3.63) is 90.0 Å². The van der Waals surface area contributed by atoms with Crippen LogP contribution in [0.2, 0.25) is 0 Å². The maximum Gasteiger partial charge on any atom is 0.258 e. The molecule has 2 atom stereocenters. The van der Waals surface area contributed by atoms with Crippen molar-refractivity contribution in [3.8, 4) is 0 Å². The molecular formula is C31H45N2+. The number of H-pyrrole nitrogens is 1. The number of nitrogens with one attached hydrogen (secondary N) is 1. The molecule has 0 aliphatic rings. The van der Waals surface area contributed by atoms with Crippen LogP contribution in [-0.4, -0.2) is 4.98 Å². The molecule has 0 spiro atoms. The first-order valence-electron chi connectivity index (χ1n) is 13.3. The third-order valence-corrected chi connectivity index (χ3v) is 7.32. The second-order valence-electron chi connectivity index (χ2n) is 9.95. The zero-order chi connectivity index (χ0) is 23.4. The molecule has 2 aromatic carbocycles. The standard InChI is InChI=1S/C31H44N2/c1-4-6-7-8-9-10-17-24-33-25-23-32-30(33)29(18-5-2)31(3,28-21-15-12-16-22-28)26-27-19-13-11-14-20-27/h11-16,19-23,25,29H,4-10,17-18,24,26H2,1-3H3/p+1. The van der Waals surface area contributed by atoms with Crippen LogP contribution in [-0.2, 0) is 18.4 Å². The van der Waals surface area contributed by atoms with Gasteiger partial charge in [0.1, 0.15) is 12.4 Å². The quantitative estimate of drug-likeness (QED) is 0.180. The van der Waals surface area contributed by atoms with Crippen molar-refractivity contribution in [2.24, 2.45) is 0 Å². The maximum absolute atomic E-state index is 3.68. The van der Waals surface area contributed by atoms with E-state index in [0.717, 1.165) is 13.0 Å². The molecule has 2 heteroatoms. The highest BCUT2D eigenvalue weighted by Crippen LogP contribution is 2.43. The molecule has 0 aliphatic heterocycles. The summed E-state index contributed by atoms with van der Waals surface area (Å²) in [6.07, 6.45) is 17.3. The fourth-order valence-corrected chi connectivity index (χ4v) is 5.42. The first kappa shape index (κ1) is 25.3. The summed E-state index contributed by atoms with van der Waals surface area (Å²) < 4.78 is 2.51. The van der Waals surface area contributed by atoms with Gasteiger partial charge in [-0.05, 0) is 36.8 Å². The number of rotatable bonds is 15. The van der Waals surface area contributed by atoms with Gasteiger partial charge in [-0.15, -0.1) is 0 Å². The van der Waals surface area contributed by atoms with Crippen molar-refractivity contribution >= 4 is 0 Å². The second kappa shape index (κ2) is 13.4. The van der Waals surface area contributed by atoms with Gasteiger partial charge in [-0.1, -0.05) is 120 Å².